The first-order valence-corrected chi connectivity index (χ1v) is 11.1. The van der Waals surface area contributed by atoms with Crippen molar-refractivity contribution in [3.63, 3.8) is 0 Å². The number of carbonyl (C=O) groups is 2. The molecule has 0 aliphatic rings. The van der Waals surface area contributed by atoms with Crippen LogP contribution in [0, 0.1) is 0 Å². The molecule has 8 nitrogen and oxygen atoms in total. The summed E-state index contributed by atoms with van der Waals surface area (Å²) >= 11 is 6.36. The van der Waals surface area contributed by atoms with Crippen LogP contribution in [0.3, 0.4) is 0 Å². The molecule has 35 heavy (non-hydrogen) atoms. The molecule has 0 spiro atoms. The van der Waals surface area contributed by atoms with Gasteiger partial charge in [-0.3, -0.25) is 20.4 Å². The predicted octanol–water partition coefficient (Wildman–Crippen LogP) is 4.27. The van der Waals surface area contributed by atoms with E-state index in [1.54, 1.807) is 35.3 Å². The maximum absolute atomic E-state index is 13.1. The maximum atomic E-state index is 13.1. The highest BCUT2D eigenvalue weighted by atomic mass is 35.5. The first-order valence-electron chi connectivity index (χ1n) is 10.8. The number of nitrogens with one attached hydrogen (secondary N) is 2. The minimum atomic E-state index is -0.465. The van der Waals surface area contributed by atoms with Crippen molar-refractivity contribution in [1.29, 1.82) is 0 Å². The molecule has 2 N–H and O–H groups in total. The van der Waals surface area contributed by atoms with Crippen LogP contribution in [0.2, 0.25) is 5.02 Å². The maximum Gasteiger partial charge on any atom is 0.270 e. The summed E-state index contributed by atoms with van der Waals surface area (Å²) in [7, 11) is 0. The standard InChI is InChI=1S/C26H19ClN6O2/c27-22-7-3-1-6-20(22)24-13-21(19-5-2-4-8-23(19)30-24)26(35)32-31-25(34)18-11-9-17(10-12-18)14-33-16-28-15-29-33/h1-13,15-16H,14H2,(H,31,34)(H,32,35). The molecule has 5 aromatic rings. The number of hydrazine groups is 1. The second-order valence-electron chi connectivity index (χ2n) is 7.75. The van der Waals surface area contributed by atoms with Crippen molar-refractivity contribution in [2.45, 2.75) is 6.54 Å². The van der Waals surface area contributed by atoms with Gasteiger partial charge in [0.2, 0.25) is 0 Å². The molecule has 5 rings (SSSR count). The Labute approximate surface area is 205 Å². The van der Waals surface area contributed by atoms with E-state index in [0.29, 0.717) is 44.9 Å². The fraction of sp³-hybridized carbons (Fsp3) is 0.0385. The highest BCUT2D eigenvalue weighted by Crippen LogP contribution is 2.29. The number of amides is 2. The molecule has 2 aromatic heterocycles. The molecule has 0 aliphatic carbocycles. The van der Waals surface area contributed by atoms with Crippen LogP contribution in [0.1, 0.15) is 26.3 Å². The SMILES string of the molecule is O=C(NNC(=O)c1cc(-c2ccccc2Cl)nc2ccccc12)c1ccc(Cn2cncn2)cc1. The van der Waals surface area contributed by atoms with Crippen LogP contribution in [0.5, 0.6) is 0 Å². The van der Waals surface area contributed by atoms with Crippen molar-refractivity contribution in [3.05, 3.63) is 113 Å². The number of para-hydroxylation sites is 1. The van der Waals surface area contributed by atoms with Crippen molar-refractivity contribution in [3.8, 4) is 11.3 Å². The fourth-order valence-corrected chi connectivity index (χ4v) is 3.92. The molecule has 2 heterocycles. The number of aromatic nitrogens is 4. The zero-order valence-electron chi connectivity index (χ0n) is 18.4. The number of carbonyl (C=O) groups excluding carboxylic acids is 2. The van der Waals surface area contributed by atoms with Gasteiger partial charge in [-0.05, 0) is 35.9 Å². The number of hydrogen-bond donors (Lipinski definition) is 2. The monoisotopic (exact) mass is 482 g/mol. The van der Waals surface area contributed by atoms with Gasteiger partial charge in [-0.1, -0.05) is 60.1 Å². The lowest BCUT2D eigenvalue weighted by Gasteiger charge is -2.12. The summed E-state index contributed by atoms with van der Waals surface area (Å²) in [5.74, 6) is -0.900. The van der Waals surface area contributed by atoms with E-state index in [1.807, 2.05) is 54.6 Å². The Morgan fingerprint density at radius 3 is 2.40 bits per heavy atom. The van der Waals surface area contributed by atoms with E-state index in [0.717, 1.165) is 5.56 Å². The van der Waals surface area contributed by atoms with Crippen LogP contribution < -0.4 is 10.9 Å². The van der Waals surface area contributed by atoms with Crippen molar-refractivity contribution in [1.82, 2.24) is 30.6 Å². The van der Waals surface area contributed by atoms with Gasteiger partial charge in [0.1, 0.15) is 12.7 Å². The minimum Gasteiger partial charge on any atom is -0.267 e. The molecule has 0 saturated carbocycles. The van der Waals surface area contributed by atoms with Crippen molar-refractivity contribution in [2.75, 3.05) is 0 Å². The van der Waals surface area contributed by atoms with Crippen molar-refractivity contribution in [2.24, 2.45) is 0 Å². The largest absolute Gasteiger partial charge is 0.270 e. The summed E-state index contributed by atoms with van der Waals surface area (Å²) in [5, 5.41) is 5.26. The van der Waals surface area contributed by atoms with Crippen LogP contribution in [-0.4, -0.2) is 31.6 Å². The van der Waals surface area contributed by atoms with Gasteiger partial charge < -0.3 is 0 Å². The van der Waals surface area contributed by atoms with Crippen LogP contribution in [-0.2, 0) is 6.54 Å². The Bertz CT molecular complexity index is 1520. The lowest BCUT2D eigenvalue weighted by molar-refractivity contribution is 0.0847. The van der Waals surface area contributed by atoms with Crippen molar-refractivity contribution < 1.29 is 9.59 Å². The number of nitrogens with zero attached hydrogens (tertiary/aromatic N) is 4. The number of pyridine rings is 1. The Hall–Kier alpha value is -4.56. The average molecular weight is 483 g/mol. The lowest BCUT2D eigenvalue weighted by Crippen LogP contribution is -2.41. The molecule has 0 saturated heterocycles. The Kier molecular flexibility index (Phi) is 6.19. The molecule has 0 unspecified atom stereocenters. The zero-order chi connectivity index (χ0) is 24.2. The smallest absolute Gasteiger partial charge is 0.267 e. The van der Waals surface area contributed by atoms with Crippen LogP contribution >= 0.6 is 11.6 Å². The Morgan fingerprint density at radius 2 is 1.63 bits per heavy atom. The van der Waals surface area contributed by atoms with E-state index in [4.69, 9.17) is 11.6 Å². The summed E-state index contributed by atoms with van der Waals surface area (Å²) in [6.07, 6.45) is 3.09. The van der Waals surface area contributed by atoms with Crippen molar-refractivity contribution >= 4 is 34.3 Å². The summed E-state index contributed by atoms with van der Waals surface area (Å²) in [6, 6.07) is 23.3. The minimum absolute atomic E-state index is 0.369. The topological polar surface area (TPSA) is 102 Å². The first kappa shape index (κ1) is 22.2. The number of hydrogen-bond acceptors (Lipinski definition) is 5. The predicted molar refractivity (Wildman–Crippen MR) is 133 cm³/mol. The number of benzene rings is 3. The second-order valence-corrected chi connectivity index (χ2v) is 8.16. The van der Waals surface area contributed by atoms with Gasteiger partial charge in [-0.25, -0.2) is 14.6 Å². The van der Waals surface area contributed by atoms with Gasteiger partial charge in [-0.2, -0.15) is 5.10 Å². The molecule has 0 aliphatic heterocycles. The Balaban J connectivity index is 1.34. The van der Waals surface area contributed by atoms with E-state index in [2.05, 4.69) is 25.9 Å². The van der Waals surface area contributed by atoms with Crippen LogP contribution in [0.4, 0.5) is 0 Å². The van der Waals surface area contributed by atoms with Crippen LogP contribution in [0.25, 0.3) is 22.2 Å². The van der Waals surface area contributed by atoms with E-state index in [-0.39, 0.29) is 0 Å². The van der Waals surface area contributed by atoms with E-state index >= 15 is 0 Å². The third-order valence-electron chi connectivity index (χ3n) is 5.43. The van der Waals surface area contributed by atoms with E-state index in [1.165, 1.54) is 6.33 Å². The second kappa shape index (κ2) is 9.74. The van der Waals surface area contributed by atoms with E-state index in [9.17, 15) is 9.59 Å². The van der Waals surface area contributed by atoms with Gasteiger partial charge in [-0.15, -0.1) is 0 Å². The molecular formula is C26H19ClN6O2. The molecule has 2 amide bonds. The molecule has 9 heteroatoms. The quantitative estimate of drug-likeness (QED) is 0.364. The molecule has 172 valence electrons. The third-order valence-corrected chi connectivity index (χ3v) is 5.76. The molecule has 0 bridgehead atoms. The molecular weight excluding hydrogens is 464 g/mol. The van der Waals surface area contributed by atoms with Crippen LogP contribution in [0.15, 0.2) is 91.5 Å². The van der Waals surface area contributed by atoms with Gasteiger partial charge in [0.05, 0.1) is 23.3 Å². The summed E-state index contributed by atoms with van der Waals surface area (Å²) in [5.41, 5.74) is 8.66. The fourth-order valence-electron chi connectivity index (χ4n) is 3.69. The molecule has 3 aromatic carbocycles. The molecule has 0 atom stereocenters. The number of halogens is 1. The number of rotatable bonds is 5. The zero-order valence-corrected chi connectivity index (χ0v) is 19.1. The first-order chi connectivity index (χ1) is 17.1. The number of fused-ring (bicyclic) bond motifs is 1. The van der Waals surface area contributed by atoms with Gasteiger partial charge in [0.25, 0.3) is 11.8 Å². The van der Waals surface area contributed by atoms with Gasteiger partial charge in [0.15, 0.2) is 0 Å². The third kappa shape index (κ3) is 4.87. The molecule has 0 fully saturated rings. The summed E-state index contributed by atoms with van der Waals surface area (Å²) in [4.78, 5) is 34.3. The molecule has 0 radical (unpaired) electrons. The van der Waals surface area contributed by atoms with Gasteiger partial charge >= 0.3 is 0 Å². The summed E-state index contributed by atoms with van der Waals surface area (Å²) < 4.78 is 1.69. The average Bonchev–Trinajstić information content (AvgIpc) is 3.40. The Morgan fingerprint density at radius 1 is 0.886 bits per heavy atom. The summed E-state index contributed by atoms with van der Waals surface area (Å²) in [6.45, 7) is 0.543. The highest BCUT2D eigenvalue weighted by Gasteiger charge is 2.16. The van der Waals surface area contributed by atoms with Gasteiger partial charge in [0, 0.05) is 21.5 Å². The van der Waals surface area contributed by atoms with E-state index < -0.39 is 11.8 Å². The normalized spacial score (nSPS) is 10.8. The highest BCUT2D eigenvalue weighted by molar-refractivity contribution is 6.33. The lowest BCUT2D eigenvalue weighted by atomic mass is 10.0.